The number of hydrogen-bond donors (Lipinski definition) is 0. The lowest BCUT2D eigenvalue weighted by molar-refractivity contribution is -0.660. The Balaban J connectivity index is 1.40. The first-order valence-electron chi connectivity index (χ1n) is 12.8. The number of fused-ring (bicyclic) bond motifs is 5. The van der Waals surface area contributed by atoms with E-state index in [0.717, 1.165) is 50.6 Å². The van der Waals surface area contributed by atoms with Crippen molar-refractivity contribution >= 4 is 21.9 Å². The standard InChI is InChI=1S/C32H29FNO/c1-19-6-13-24-25-14-15-27(33)30(32(25)35-31(24)29(19)28-5-3-4-16-34(28)2)22-11-9-21(10-12-22)26-18-20-7-8-23(26)17-20/h3-6,9-16,20,23,26H,7-8,17-18H2,1-2H3/q+1. The Morgan fingerprint density at radius 1 is 0.829 bits per heavy atom. The summed E-state index contributed by atoms with van der Waals surface area (Å²) >= 11 is 0. The number of pyridine rings is 1. The Morgan fingerprint density at radius 3 is 2.31 bits per heavy atom. The van der Waals surface area contributed by atoms with Gasteiger partial charge in [0, 0.05) is 22.9 Å². The van der Waals surface area contributed by atoms with Gasteiger partial charge < -0.3 is 4.42 Å². The molecule has 2 fully saturated rings. The van der Waals surface area contributed by atoms with Crippen molar-refractivity contribution in [3.63, 3.8) is 0 Å². The minimum Gasteiger partial charge on any atom is -0.454 e. The van der Waals surface area contributed by atoms with E-state index in [9.17, 15) is 0 Å². The first-order chi connectivity index (χ1) is 17.1. The van der Waals surface area contributed by atoms with Gasteiger partial charge in [-0.15, -0.1) is 0 Å². The van der Waals surface area contributed by atoms with Crippen molar-refractivity contribution in [3.05, 3.63) is 89.9 Å². The van der Waals surface area contributed by atoms with Crippen molar-refractivity contribution in [1.82, 2.24) is 0 Å². The second kappa shape index (κ2) is 7.78. The van der Waals surface area contributed by atoms with E-state index in [1.54, 1.807) is 6.07 Å². The van der Waals surface area contributed by atoms with Gasteiger partial charge in [-0.05, 0) is 78.8 Å². The molecule has 2 saturated carbocycles. The second-order valence-electron chi connectivity index (χ2n) is 10.6. The topological polar surface area (TPSA) is 17.0 Å². The van der Waals surface area contributed by atoms with Crippen LogP contribution in [0, 0.1) is 24.6 Å². The first-order valence-corrected chi connectivity index (χ1v) is 12.8. The maximum Gasteiger partial charge on any atom is 0.216 e. The molecule has 0 aliphatic heterocycles. The lowest BCUT2D eigenvalue weighted by atomic mass is 9.83. The molecule has 0 N–H and O–H groups in total. The van der Waals surface area contributed by atoms with E-state index in [1.807, 2.05) is 31.4 Å². The number of hydrogen-bond acceptors (Lipinski definition) is 1. The highest BCUT2D eigenvalue weighted by molar-refractivity contribution is 6.13. The molecule has 0 saturated heterocycles. The fourth-order valence-corrected chi connectivity index (χ4v) is 6.90. The third-order valence-corrected chi connectivity index (χ3v) is 8.64. The zero-order valence-electron chi connectivity index (χ0n) is 20.2. The highest BCUT2D eigenvalue weighted by Crippen LogP contribution is 2.53. The fourth-order valence-electron chi connectivity index (χ4n) is 6.90. The average Bonchev–Trinajstić information content (AvgIpc) is 3.59. The fraction of sp³-hybridized carbons (Fsp3) is 0.281. The van der Waals surface area contributed by atoms with Crippen LogP contribution in [-0.2, 0) is 7.05 Å². The van der Waals surface area contributed by atoms with Crippen LogP contribution in [-0.4, -0.2) is 0 Å². The van der Waals surface area contributed by atoms with E-state index in [4.69, 9.17) is 4.42 Å². The van der Waals surface area contributed by atoms with Gasteiger partial charge in [-0.3, -0.25) is 0 Å². The molecular formula is C32H29FNO+. The van der Waals surface area contributed by atoms with Crippen LogP contribution >= 0.6 is 0 Å². The molecule has 3 aromatic carbocycles. The van der Waals surface area contributed by atoms with Crippen molar-refractivity contribution in [3.8, 4) is 22.4 Å². The van der Waals surface area contributed by atoms with Crippen LogP contribution in [0.1, 0.15) is 42.7 Å². The minimum atomic E-state index is -0.243. The van der Waals surface area contributed by atoms with Crippen molar-refractivity contribution in [2.75, 3.05) is 0 Å². The van der Waals surface area contributed by atoms with E-state index in [-0.39, 0.29) is 5.82 Å². The summed E-state index contributed by atoms with van der Waals surface area (Å²) in [6.45, 7) is 2.10. The van der Waals surface area contributed by atoms with E-state index in [0.29, 0.717) is 17.1 Å². The summed E-state index contributed by atoms with van der Waals surface area (Å²) < 4.78 is 24.0. The predicted molar refractivity (Wildman–Crippen MR) is 139 cm³/mol. The van der Waals surface area contributed by atoms with Crippen molar-refractivity contribution in [1.29, 1.82) is 0 Å². The number of furan rings is 1. The van der Waals surface area contributed by atoms with Gasteiger partial charge in [0.15, 0.2) is 6.20 Å². The quantitative estimate of drug-likeness (QED) is 0.248. The van der Waals surface area contributed by atoms with E-state index in [1.165, 1.54) is 31.2 Å². The summed E-state index contributed by atoms with van der Waals surface area (Å²) in [6, 6.07) is 22.5. The van der Waals surface area contributed by atoms with Gasteiger partial charge in [0.2, 0.25) is 5.69 Å². The SMILES string of the molecule is Cc1ccc2c(oc3c(-c4ccc(C5CC6CCC5C6)cc4)c(F)ccc32)c1-c1cccc[n+]1C. The smallest absolute Gasteiger partial charge is 0.216 e. The average molecular weight is 463 g/mol. The third kappa shape index (κ3) is 3.17. The van der Waals surface area contributed by atoms with Crippen LogP contribution in [0.3, 0.4) is 0 Å². The third-order valence-electron chi connectivity index (χ3n) is 8.64. The number of halogens is 1. The summed E-state index contributed by atoms with van der Waals surface area (Å²) in [4.78, 5) is 0. The normalized spacial score (nSPS) is 21.4. The Labute approximate surface area is 205 Å². The molecule has 7 rings (SSSR count). The van der Waals surface area contributed by atoms with Gasteiger partial charge >= 0.3 is 0 Å². The number of nitrogens with zero attached hydrogens (tertiary/aromatic N) is 1. The molecule has 0 radical (unpaired) electrons. The van der Waals surface area contributed by atoms with Crippen LogP contribution in [0.15, 0.2) is 77.3 Å². The predicted octanol–water partition coefficient (Wildman–Crippen LogP) is 8.10. The number of aryl methyl sites for hydroxylation is 2. The monoisotopic (exact) mass is 462 g/mol. The van der Waals surface area contributed by atoms with Crippen molar-refractivity contribution in [2.24, 2.45) is 18.9 Å². The number of rotatable bonds is 3. The number of benzene rings is 3. The second-order valence-corrected chi connectivity index (χ2v) is 10.6. The molecule has 2 aromatic heterocycles. The maximum absolute atomic E-state index is 15.4. The van der Waals surface area contributed by atoms with Gasteiger partial charge in [0.05, 0.1) is 11.1 Å². The summed E-state index contributed by atoms with van der Waals surface area (Å²) in [5.41, 5.74) is 7.54. The molecule has 5 aromatic rings. The zero-order chi connectivity index (χ0) is 23.7. The molecule has 3 heteroatoms. The highest BCUT2D eigenvalue weighted by Gasteiger charge is 2.40. The largest absolute Gasteiger partial charge is 0.454 e. The molecule has 35 heavy (non-hydrogen) atoms. The van der Waals surface area contributed by atoms with E-state index >= 15 is 4.39 Å². The minimum absolute atomic E-state index is 0.243. The van der Waals surface area contributed by atoms with Crippen LogP contribution in [0.5, 0.6) is 0 Å². The highest BCUT2D eigenvalue weighted by atomic mass is 19.1. The van der Waals surface area contributed by atoms with Gasteiger partial charge in [-0.1, -0.05) is 42.8 Å². The lowest BCUT2D eigenvalue weighted by Crippen LogP contribution is -2.30. The molecule has 0 spiro atoms. The molecule has 3 atom stereocenters. The van der Waals surface area contributed by atoms with Crippen LogP contribution in [0.2, 0.25) is 0 Å². The Hall–Kier alpha value is -3.46. The Kier molecular flexibility index (Phi) is 4.64. The molecule has 2 bridgehead atoms. The molecule has 2 aliphatic carbocycles. The number of aromatic nitrogens is 1. The molecule has 0 amide bonds. The van der Waals surface area contributed by atoms with Gasteiger partial charge in [-0.25, -0.2) is 8.96 Å². The Morgan fingerprint density at radius 2 is 1.60 bits per heavy atom. The van der Waals surface area contributed by atoms with Crippen molar-refractivity contribution in [2.45, 2.75) is 38.5 Å². The van der Waals surface area contributed by atoms with Gasteiger partial charge in [0.25, 0.3) is 0 Å². The molecule has 174 valence electrons. The lowest BCUT2D eigenvalue weighted by Gasteiger charge is -2.22. The molecule has 3 unspecified atom stereocenters. The molecule has 2 heterocycles. The van der Waals surface area contributed by atoms with Crippen LogP contribution < -0.4 is 4.57 Å². The Bertz CT molecular complexity index is 1600. The molecule has 2 nitrogen and oxygen atoms in total. The first kappa shape index (κ1) is 20.9. The maximum atomic E-state index is 15.4. The molecular weight excluding hydrogens is 433 g/mol. The van der Waals surface area contributed by atoms with E-state index < -0.39 is 0 Å². The summed E-state index contributed by atoms with van der Waals surface area (Å²) in [5, 5.41) is 1.97. The van der Waals surface area contributed by atoms with Gasteiger partial charge in [-0.2, -0.15) is 0 Å². The molecule has 2 aliphatic rings. The van der Waals surface area contributed by atoms with Crippen LogP contribution in [0.25, 0.3) is 44.3 Å². The summed E-state index contributed by atoms with van der Waals surface area (Å²) in [7, 11) is 2.04. The zero-order valence-corrected chi connectivity index (χ0v) is 20.2. The van der Waals surface area contributed by atoms with Gasteiger partial charge in [0.1, 0.15) is 24.0 Å². The van der Waals surface area contributed by atoms with E-state index in [2.05, 4.69) is 54.0 Å². The van der Waals surface area contributed by atoms with Crippen LogP contribution in [0.4, 0.5) is 4.39 Å². The van der Waals surface area contributed by atoms with Crippen molar-refractivity contribution < 1.29 is 13.4 Å². The summed E-state index contributed by atoms with van der Waals surface area (Å²) in [6.07, 6.45) is 7.52. The summed E-state index contributed by atoms with van der Waals surface area (Å²) in [5.74, 6) is 2.18.